The van der Waals surface area contributed by atoms with Crippen LogP contribution >= 0.6 is 0 Å². The summed E-state index contributed by atoms with van der Waals surface area (Å²) in [4.78, 5) is 0. The second kappa shape index (κ2) is 6.80. The molecular formula is C27H24. The molecule has 27 heavy (non-hydrogen) atoms. The van der Waals surface area contributed by atoms with Gasteiger partial charge in [0, 0.05) is 35.5 Å². The molecule has 132 valence electrons. The van der Waals surface area contributed by atoms with Crippen LogP contribution < -0.4 is 0 Å². The van der Waals surface area contributed by atoms with Crippen molar-refractivity contribution in [2.24, 2.45) is 0 Å². The van der Waals surface area contributed by atoms with Gasteiger partial charge in [-0.05, 0) is 50.9 Å². The van der Waals surface area contributed by atoms with E-state index in [9.17, 15) is 0 Å². The van der Waals surface area contributed by atoms with Gasteiger partial charge in [-0.1, -0.05) is 78.8 Å². The molecule has 0 aromatic heterocycles. The molecule has 0 saturated heterocycles. The van der Waals surface area contributed by atoms with Crippen molar-refractivity contribution in [3.8, 4) is 0 Å². The summed E-state index contributed by atoms with van der Waals surface area (Å²) in [7, 11) is 0. The standard InChI is InChI=1S/C27H24/c1-17-12-13-18(2)27-20(19(3)16-26(17)27)14-15-25-23-10-6-4-8-21(23)22-9-5-7-11-24(22)25/h4-13,16H,14-15H2,1-3H3. The van der Waals surface area contributed by atoms with E-state index in [1.165, 1.54) is 64.4 Å². The Balaban J connectivity index is 1.35. The molecule has 0 bridgehead atoms. The monoisotopic (exact) mass is 348 g/mol. The van der Waals surface area contributed by atoms with Crippen molar-refractivity contribution in [3.05, 3.63) is 132 Å². The van der Waals surface area contributed by atoms with Crippen LogP contribution in [0.3, 0.4) is 0 Å². The molecular weight excluding hydrogens is 324 g/mol. The van der Waals surface area contributed by atoms with Crippen LogP contribution in [0.25, 0.3) is 0 Å². The lowest BCUT2D eigenvalue weighted by molar-refractivity contribution is 0.747. The van der Waals surface area contributed by atoms with Crippen molar-refractivity contribution < 1.29 is 0 Å². The zero-order chi connectivity index (χ0) is 18.5. The summed E-state index contributed by atoms with van der Waals surface area (Å²) in [5, 5.41) is 0. The molecule has 0 N–H and O–H groups in total. The summed E-state index contributed by atoms with van der Waals surface area (Å²) < 4.78 is 0. The van der Waals surface area contributed by atoms with Crippen molar-refractivity contribution >= 4 is 0 Å². The fourth-order valence-corrected chi connectivity index (χ4v) is 4.87. The summed E-state index contributed by atoms with van der Waals surface area (Å²) >= 11 is 0. The van der Waals surface area contributed by atoms with Crippen LogP contribution in [0, 0.1) is 59.7 Å². The highest BCUT2D eigenvalue weighted by atomic mass is 14.5. The largest absolute Gasteiger partial charge is 0.0758 e. The molecule has 0 nitrogen and oxygen atoms in total. The van der Waals surface area contributed by atoms with E-state index in [1.54, 1.807) is 0 Å². The Kier molecular flexibility index (Phi) is 4.42. The zero-order valence-corrected chi connectivity index (χ0v) is 16.3. The topological polar surface area (TPSA) is 0 Å². The van der Waals surface area contributed by atoms with Gasteiger partial charge in [0.25, 0.3) is 0 Å². The molecule has 0 aromatic rings. The van der Waals surface area contributed by atoms with Crippen LogP contribution in [0.1, 0.15) is 33.6 Å². The van der Waals surface area contributed by atoms with Crippen LogP contribution in [0.2, 0.25) is 0 Å². The van der Waals surface area contributed by atoms with E-state index in [2.05, 4.69) is 88.0 Å². The summed E-state index contributed by atoms with van der Waals surface area (Å²) in [6, 6.07) is 0. The molecule has 0 amide bonds. The molecule has 0 spiro atoms. The number of rotatable bonds is 3. The predicted molar refractivity (Wildman–Crippen MR) is 112 cm³/mol. The first-order valence-electron chi connectivity index (χ1n) is 9.85. The summed E-state index contributed by atoms with van der Waals surface area (Å²) in [5.74, 6) is 13.0. The van der Waals surface area contributed by atoms with Gasteiger partial charge < -0.3 is 0 Å². The minimum atomic E-state index is 1.08. The van der Waals surface area contributed by atoms with Gasteiger partial charge in [-0.2, -0.15) is 0 Å². The molecule has 0 heterocycles. The van der Waals surface area contributed by atoms with Gasteiger partial charge in [0.15, 0.2) is 0 Å². The first-order valence-corrected chi connectivity index (χ1v) is 9.85. The summed E-state index contributed by atoms with van der Waals surface area (Å²) in [6.07, 6.45) is 26.8. The third-order valence-corrected chi connectivity index (χ3v) is 6.23. The molecule has 10 radical (unpaired) electrons. The molecule has 5 aliphatic rings. The van der Waals surface area contributed by atoms with E-state index in [0.717, 1.165) is 12.8 Å². The Labute approximate surface area is 165 Å². The number of fused-ring (bicyclic) bond motifs is 4. The minimum absolute atomic E-state index is 1.08. The van der Waals surface area contributed by atoms with Crippen LogP contribution in [0.15, 0.2) is 71.9 Å². The lowest BCUT2D eigenvalue weighted by atomic mass is 9.73. The second-order valence-corrected chi connectivity index (χ2v) is 7.86. The lowest BCUT2D eigenvalue weighted by Crippen LogP contribution is -2.18. The van der Waals surface area contributed by atoms with Crippen molar-refractivity contribution in [1.82, 2.24) is 0 Å². The van der Waals surface area contributed by atoms with Crippen molar-refractivity contribution in [3.63, 3.8) is 0 Å². The van der Waals surface area contributed by atoms with Crippen molar-refractivity contribution in [1.29, 1.82) is 0 Å². The van der Waals surface area contributed by atoms with E-state index in [0.29, 0.717) is 0 Å². The van der Waals surface area contributed by atoms with Gasteiger partial charge in [0.2, 0.25) is 0 Å². The van der Waals surface area contributed by atoms with Crippen LogP contribution in [-0.4, -0.2) is 0 Å². The number of hydrogen-bond donors (Lipinski definition) is 0. The van der Waals surface area contributed by atoms with E-state index in [4.69, 9.17) is 0 Å². The quantitative estimate of drug-likeness (QED) is 0.558. The molecule has 2 fully saturated rings. The molecule has 2 saturated carbocycles. The fourth-order valence-electron chi connectivity index (χ4n) is 4.87. The van der Waals surface area contributed by atoms with Gasteiger partial charge in [-0.25, -0.2) is 0 Å². The second-order valence-electron chi connectivity index (χ2n) is 7.86. The Bertz CT molecular complexity index is 736. The maximum atomic E-state index is 2.38. The third-order valence-electron chi connectivity index (χ3n) is 6.23. The van der Waals surface area contributed by atoms with E-state index >= 15 is 0 Å². The highest BCUT2D eigenvalue weighted by Gasteiger charge is 2.50. The third kappa shape index (κ3) is 2.79. The van der Waals surface area contributed by atoms with E-state index in [-0.39, 0.29) is 0 Å². The molecule has 5 rings (SSSR count). The van der Waals surface area contributed by atoms with Crippen molar-refractivity contribution in [2.45, 2.75) is 33.6 Å². The molecule has 0 aromatic carbocycles. The average Bonchev–Trinajstić information content (AvgIpc) is 3.19. The SMILES string of the molecule is C[C]1[CH][C]2[C]([C]1CC[C]1[C]3C=CC=C[C]3[C]3C=CC=C[C]31)C(C)=CC=C2C. The molecule has 0 unspecified atom stereocenters. The maximum Gasteiger partial charge on any atom is 0.0209 e. The predicted octanol–water partition coefficient (Wildman–Crippen LogP) is 6.35. The first-order chi connectivity index (χ1) is 13.1. The fraction of sp³-hybridized carbons (Fsp3) is 0.185. The van der Waals surface area contributed by atoms with E-state index in [1.807, 2.05) is 0 Å². The van der Waals surface area contributed by atoms with Crippen molar-refractivity contribution in [2.75, 3.05) is 0 Å². The smallest absolute Gasteiger partial charge is 0.0209 e. The minimum Gasteiger partial charge on any atom is -0.0758 e. The average molecular weight is 348 g/mol. The Morgan fingerprint density at radius 1 is 0.556 bits per heavy atom. The molecule has 0 heteroatoms. The Morgan fingerprint density at radius 2 is 1.07 bits per heavy atom. The van der Waals surface area contributed by atoms with E-state index < -0.39 is 0 Å². The molecule has 5 aliphatic carbocycles. The summed E-state index contributed by atoms with van der Waals surface area (Å²) in [6.45, 7) is 6.75. The highest BCUT2D eigenvalue weighted by molar-refractivity contribution is 5.77. The van der Waals surface area contributed by atoms with Crippen LogP contribution in [0.4, 0.5) is 0 Å². The lowest BCUT2D eigenvalue weighted by Gasteiger charge is -2.30. The number of hydrogen-bond acceptors (Lipinski definition) is 0. The highest BCUT2D eigenvalue weighted by Crippen LogP contribution is 2.61. The normalized spacial score (nSPS) is 28.7. The maximum absolute atomic E-state index is 2.38. The number of allylic oxidation sites excluding steroid dienone is 12. The zero-order valence-electron chi connectivity index (χ0n) is 16.3. The van der Waals surface area contributed by atoms with Gasteiger partial charge in [-0.3, -0.25) is 0 Å². The summed E-state index contributed by atoms with van der Waals surface area (Å²) in [5.41, 5.74) is 2.78. The molecule has 0 atom stereocenters. The first kappa shape index (κ1) is 17.5. The van der Waals surface area contributed by atoms with Gasteiger partial charge in [0.05, 0.1) is 0 Å². The van der Waals surface area contributed by atoms with Crippen LogP contribution in [0.5, 0.6) is 0 Å². The van der Waals surface area contributed by atoms with Gasteiger partial charge >= 0.3 is 0 Å². The molecule has 0 aliphatic heterocycles. The van der Waals surface area contributed by atoms with Gasteiger partial charge in [-0.15, -0.1) is 0 Å². The Morgan fingerprint density at radius 3 is 1.70 bits per heavy atom. The van der Waals surface area contributed by atoms with Gasteiger partial charge in [0.1, 0.15) is 0 Å². The Hall–Kier alpha value is -1.56. The van der Waals surface area contributed by atoms with Crippen LogP contribution in [-0.2, 0) is 0 Å².